The minimum atomic E-state index is -4.40. The van der Waals surface area contributed by atoms with E-state index in [1.807, 2.05) is 21.1 Å². The van der Waals surface area contributed by atoms with Gasteiger partial charge in [-0.2, -0.15) is 0 Å². The van der Waals surface area contributed by atoms with Crippen molar-refractivity contribution >= 4 is 19.8 Å². The van der Waals surface area contributed by atoms with Gasteiger partial charge in [-0.1, -0.05) is 192 Å². The van der Waals surface area contributed by atoms with Crippen molar-refractivity contribution in [1.29, 1.82) is 0 Å². The van der Waals surface area contributed by atoms with Crippen LogP contribution in [0.4, 0.5) is 0 Å². The Labute approximate surface area is 428 Å². The van der Waals surface area contributed by atoms with Crippen molar-refractivity contribution in [2.24, 2.45) is 0 Å². The molecule has 9 nitrogen and oxygen atoms in total. The Balaban J connectivity index is 4.23. The molecule has 396 valence electrons. The summed E-state index contributed by atoms with van der Waals surface area (Å²) in [5, 5.41) is 0. The molecular weight excluding hydrogens is 894 g/mol. The highest BCUT2D eigenvalue weighted by molar-refractivity contribution is 7.47. The number of carbonyl (C=O) groups excluding carboxylic acids is 2. The predicted octanol–water partition coefficient (Wildman–Crippen LogP) is 16.6. The van der Waals surface area contributed by atoms with Gasteiger partial charge in [0.25, 0.3) is 0 Å². The van der Waals surface area contributed by atoms with Gasteiger partial charge in [-0.25, -0.2) is 4.57 Å². The molecule has 0 bridgehead atoms. The molecule has 0 saturated carbocycles. The fourth-order valence-electron chi connectivity index (χ4n) is 6.49. The number of allylic oxidation sites excluding steroid dienone is 22. The lowest BCUT2D eigenvalue weighted by Crippen LogP contribution is -2.37. The van der Waals surface area contributed by atoms with Crippen molar-refractivity contribution in [2.45, 2.75) is 187 Å². The van der Waals surface area contributed by atoms with E-state index in [1.165, 1.54) is 12.8 Å². The van der Waals surface area contributed by atoms with Crippen molar-refractivity contribution in [3.05, 3.63) is 134 Å². The average Bonchev–Trinajstić information content (AvgIpc) is 3.32. The van der Waals surface area contributed by atoms with E-state index >= 15 is 0 Å². The molecule has 10 heteroatoms. The molecule has 2 unspecified atom stereocenters. The third-order valence-corrected chi connectivity index (χ3v) is 11.6. The van der Waals surface area contributed by atoms with Gasteiger partial charge in [0.15, 0.2) is 6.10 Å². The molecular formula is C60H99NO8P+. The predicted molar refractivity (Wildman–Crippen MR) is 297 cm³/mol. The van der Waals surface area contributed by atoms with Gasteiger partial charge in [0.2, 0.25) is 0 Å². The molecule has 1 N–H and O–H groups in total. The highest BCUT2D eigenvalue weighted by Crippen LogP contribution is 2.43. The van der Waals surface area contributed by atoms with Crippen LogP contribution in [0.15, 0.2) is 134 Å². The SMILES string of the molecule is CC/C=C\C/C=C\C/C=C\C/C=C\C/C=C\C/C=C\C/C=C\C/C=C\C/C=C\C/C=C\CCCCCCC(=O)OC(COC(=O)CCCCCCC/C=C\CCCC)COP(=O)(O)OCC[N+](C)(C)C. The number of rotatable bonds is 47. The Morgan fingerprint density at radius 3 is 1.23 bits per heavy atom. The zero-order valence-corrected chi connectivity index (χ0v) is 45.6. The first-order valence-electron chi connectivity index (χ1n) is 26.9. The number of likely N-dealkylation sites (N-methyl/N-ethyl adjacent to an activating group) is 1. The van der Waals surface area contributed by atoms with Crippen molar-refractivity contribution in [3.63, 3.8) is 0 Å². The number of hydrogen-bond acceptors (Lipinski definition) is 7. The number of hydrogen-bond donors (Lipinski definition) is 1. The minimum absolute atomic E-state index is 0.0177. The number of esters is 2. The lowest BCUT2D eigenvalue weighted by Gasteiger charge is -2.24. The molecule has 0 amide bonds. The van der Waals surface area contributed by atoms with Crippen LogP contribution in [-0.4, -0.2) is 74.9 Å². The van der Waals surface area contributed by atoms with Crippen LogP contribution in [0.25, 0.3) is 0 Å². The Morgan fingerprint density at radius 2 is 0.814 bits per heavy atom. The summed E-state index contributed by atoms with van der Waals surface area (Å²) in [5.74, 6) is -0.852. The summed E-state index contributed by atoms with van der Waals surface area (Å²) in [6.07, 6.45) is 72.4. The van der Waals surface area contributed by atoms with Crippen LogP contribution in [-0.2, 0) is 32.7 Å². The summed E-state index contributed by atoms with van der Waals surface area (Å²) in [6.45, 7) is 4.20. The summed E-state index contributed by atoms with van der Waals surface area (Å²) < 4.78 is 34.3. The van der Waals surface area contributed by atoms with E-state index in [2.05, 4.69) is 148 Å². The second kappa shape index (κ2) is 50.1. The lowest BCUT2D eigenvalue weighted by atomic mass is 10.1. The molecule has 0 aromatic carbocycles. The number of ether oxygens (including phenoxy) is 2. The van der Waals surface area contributed by atoms with E-state index in [0.29, 0.717) is 17.4 Å². The van der Waals surface area contributed by atoms with Gasteiger partial charge in [-0.3, -0.25) is 18.6 Å². The minimum Gasteiger partial charge on any atom is -0.462 e. The van der Waals surface area contributed by atoms with Gasteiger partial charge < -0.3 is 18.9 Å². The highest BCUT2D eigenvalue weighted by atomic mass is 31.2. The second-order valence-corrected chi connectivity index (χ2v) is 20.0. The topological polar surface area (TPSA) is 108 Å². The summed E-state index contributed by atoms with van der Waals surface area (Å²) in [7, 11) is 1.43. The van der Waals surface area contributed by atoms with Crippen molar-refractivity contribution in [3.8, 4) is 0 Å². The molecule has 0 spiro atoms. The van der Waals surface area contributed by atoms with Crippen LogP contribution in [0.3, 0.4) is 0 Å². The van der Waals surface area contributed by atoms with Gasteiger partial charge in [0, 0.05) is 12.8 Å². The number of phosphoric acid groups is 1. The fraction of sp³-hybridized carbons (Fsp3) is 0.600. The molecule has 70 heavy (non-hydrogen) atoms. The zero-order chi connectivity index (χ0) is 51.3. The number of carbonyl (C=O) groups is 2. The normalized spacial score (nSPS) is 14.4. The molecule has 0 saturated heterocycles. The Morgan fingerprint density at radius 1 is 0.457 bits per heavy atom. The molecule has 0 aliphatic carbocycles. The maximum absolute atomic E-state index is 12.7. The zero-order valence-electron chi connectivity index (χ0n) is 44.7. The van der Waals surface area contributed by atoms with E-state index in [1.54, 1.807) is 0 Å². The first-order chi connectivity index (χ1) is 34.0. The number of phosphoric ester groups is 1. The fourth-order valence-corrected chi connectivity index (χ4v) is 7.23. The van der Waals surface area contributed by atoms with Crippen LogP contribution in [0.2, 0.25) is 0 Å². The first kappa shape index (κ1) is 66.2. The van der Waals surface area contributed by atoms with E-state index in [9.17, 15) is 19.0 Å². The van der Waals surface area contributed by atoms with Crippen molar-refractivity contribution in [1.82, 2.24) is 0 Å². The summed E-state index contributed by atoms with van der Waals surface area (Å²) in [5.41, 5.74) is 0. The Hall–Kier alpha value is -3.85. The van der Waals surface area contributed by atoms with Gasteiger partial charge in [0.1, 0.15) is 19.8 Å². The number of unbranched alkanes of at least 4 members (excludes halogenated alkanes) is 11. The van der Waals surface area contributed by atoms with Gasteiger partial charge in [-0.05, 0) is 109 Å². The van der Waals surface area contributed by atoms with Gasteiger partial charge >= 0.3 is 19.8 Å². The summed E-state index contributed by atoms with van der Waals surface area (Å²) >= 11 is 0. The highest BCUT2D eigenvalue weighted by Gasteiger charge is 2.27. The second-order valence-electron chi connectivity index (χ2n) is 18.5. The van der Waals surface area contributed by atoms with Crippen LogP contribution in [0.5, 0.6) is 0 Å². The molecule has 0 aliphatic heterocycles. The maximum atomic E-state index is 12.7. The third kappa shape index (κ3) is 53.5. The van der Waals surface area contributed by atoms with Crippen molar-refractivity contribution < 1.29 is 42.1 Å². The average molecular weight is 993 g/mol. The molecule has 0 aliphatic rings. The summed E-state index contributed by atoms with van der Waals surface area (Å²) in [4.78, 5) is 35.5. The first-order valence-corrected chi connectivity index (χ1v) is 28.4. The van der Waals surface area contributed by atoms with E-state index in [4.69, 9.17) is 18.5 Å². The van der Waals surface area contributed by atoms with Gasteiger partial charge in [0.05, 0.1) is 27.7 Å². The largest absolute Gasteiger partial charge is 0.472 e. The number of quaternary nitrogens is 1. The lowest BCUT2D eigenvalue weighted by molar-refractivity contribution is -0.870. The molecule has 0 radical (unpaired) electrons. The van der Waals surface area contributed by atoms with Crippen molar-refractivity contribution in [2.75, 3.05) is 47.5 Å². The van der Waals surface area contributed by atoms with Crippen LogP contribution in [0.1, 0.15) is 181 Å². The Bertz CT molecular complexity index is 1640. The van der Waals surface area contributed by atoms with E-state index in [-0.39, 0.29) is 26.1 Å². The van der Waals surface area contributed by atoms with E-state index in [0.717, 1.165) is 135 Å². The molecule has 0 fully saturated rings. The standard InChI is InChI=1S/C60H98NO8P/c1-6-8-10-12-14-16-18-19-20-21-22-23-24-25-26-27-28-29-30-31-32-33-34-35-36-37-38-39-40-41-43-45-47-49-51-53-60(63)69-58(57-68-70(64,65)67-55-54-61(3,4)5)56-66-59(62)52-50-48-46-44-42-17-15-13-11-9-7-2/h8,10,13-16,19-20,22-23,25-26,28-29,31-32,34-35,37-38,40-41,58H,6-7,9,11-12,17-18,21,24,27,30,33,36,39,42-57H2,1-5H3/p+1/b10-8-,15-13-,16-14-,20-19-,23-22-,26-25-,29-28-,32-31-,35-34-,38-37-,41-40-. The number of nitrogens with zero attached hydrogens (tertiary/aromatic N) is 1. The van der Waals surface area contributed by atoms with Crippen LogP contribution < -0.4 is 0 Å². The molecule has 0 rings (SSSR count). The monoisotopic (exact) mass is 993 g/mol. The maximum Gasteiger partial charge on any atom is 0.472 e. The molecule has 0 heterocycles. The van der Waals surface area contributed by atoms with Crippen LogP contribution >= 0.6 is 7.82 Å². The third-order valence-electron chi connectivity index (χ3n) is 10.7. The quantitative estimate of drug-likeness (QED) is 0.0211. The molecule has 0 aromatic rings. The molecule has 2 atom stereocenters. The summed E-state index contributed by atoms with van der Waals surface area (Å²) in [6, 6.07) is 0. The Kier molecular flexibility index (Phi) is 47.3. The van der Waals surface area contributed by atoms with Crippen LogP contribution in [0, 0.1) is 0 Å². The smallest absolute Gasteiger partial charge is 0.462 e. The molecule has 0 aromatic heterocycles. The van der Waals surface area contributed by atoms with E-state index < -0.39 is 32.5 Å². The van der Waals surface area contributed by atoms with Gasteiger partial charge in [-0.15, -0.1) is 0 Å².